The van der Waals surface area contributed by atoms with Crippen molar-refractivity contribution in [2.75, 3.05) is 23.0 Å². The smallest absolute Gasteiger partial charge is 0.317 e. The maximum atomic E-state index is 11.6. The van der Waals surface area contributed by atoms with Gasteiger partial charge in [0.2, 0.25) is 0 Å². The van der Waals surface area contributed by atoms with Crippen LogP contribution in [0, 0.1) is 0 Å². The fourth-order valence-corrected chi connectivity index (χ4v) is 16.9. The molecular weight excluding hydrogens is 685 g/mol. The number of aliphatic carboxylic acids is 7. The predicted octanol–water partition coefficient (Wildman–Crippen LogP) is 2.19. The number of carboxylic acids is 7. The summed E-state index contributed by atoms with van der Waals surface area (Å²) in [6, 6.07) is 1.43. The second-order valence-corrected chi connectivity index (χ2v) is 19.7. The number of carbonyl (C=O) groups is 8. The number of carboxylic acid groups (broad SMARTS) is 7. The lowest BCUT2D eigenvalue weighted by atomic mass is 10.3. The van der Waals surface area contributed by atoms with E-state index in [2.05, 4.69) is 0 Å². The molecule has 15 nitrogen and oxygen atoms in total. The molecule has 0 saturated heterocycles. The van der Waals surface area contributed by atoms with E-state index in [1.54, 1.807) is 0 Å². The largest absolute Gasteiger partial charge is 0.481 e. The van der Waals surface area contributed by atoms with Gasteiger partial charge in [-0.15, -0.1) is 47.0 Å². The fourth-order valence-electron chi connectivity index (χ4n) is 3.88. The number of carbonyl (C=O) groups excluding carboxylic acids is 1. The van der Waals surface area contributed by atoms with Crippen molar-refractivity contribution >= 4 is 103 Å². The Bertz CT molecular complexity index is 930. The zero-order valence-corrected chi connectivity index (χ0v) is 27.7. The highest BCUT2D eigenvalue weighted by Crippen LogP contribution is 2.36. The van der Waals surface area contributed by atoms with E-state index in [1.165, 1.54) is 0 Å². The number of aldehydes is 1. The van der Waals surface area contributed by atoms with E-state index in [0.717, 1.165) is 47.0 Å². The lowest BCUT2D eigenvalue weighted by molar-refractivity contribution is -0.142. The zero-order valence-electron chi connectivity index (χ0n) is 23.4. The lowest BCUT2D eigenvalue weighted by Crippen LogP contribution is -2.38. The molecule has 0 aliphatic heterocycles. The van der Waals surface area contributed by atoms with E-state index in [-0.39, 0.29) is 29.4 Å². The first-order valence-corrected chi connectivity index (χ1v) is 20.0. The second-order valence-electron chi connectivity index (χ2n) is 9.49. The molecule has 44 heavy (non-hydrogen) atoms. The monoisotopic (exact) mass is 720 g/mol. The maximum absolute atomic E-state index is 11.6. The topological polar surface area (TPSA) is 278 Å². The van der Waals surface area contributed by atoms with Crippen LogP contribution in [0.3, 0.4) is 0 Å². The Morgan fingerprint density at radius 1 is 0.477 bits per heavy atom. The first kappa shape index (κ1) is 41.6. The van der Waals surface area contributed by atoms with Crippen LogP contribution in [0.5, 0.6) is 0 Å². The molecule has 0 amide bonds. The molecule has 0 aliphatic carbocycles. The molecule has 0 fully saturated rings. The van der Waals surface area contributed by atoms with E-state index in [4.69, 9.17) is 15.3 Å². The molecule has 7 N–H and O–H groups in total. The molecular formula is C24H36O15S4Si. The van der Waals surface area contributed by atoms with E-state index in [0.29, 0.717) is 30.5 Å². The van der Waals surface area contributed by atoms with E-state index in [1.807, 2.05) is 0 Å². The van der Waals surface area contributed by atoms with Crippen molar-refractivity contribution in [2.45, 2.75) is 70.9 Å². The van der Waals surface area contributed by atoms with Crippen LogP contribution >= 0.6 is 47.0 Å². The van der Waals surface area contributed by atoms with Crippen LogP contribution in [0.4, 0.5) is 0 Å². The Hall–Kier alpha value is -2.42. The first-order chi connectivity index (χ1) is 20.5. The maximum Gasteiger partial charge on any atom is 0.317 e. The highest BCUT2D eigenvalue weighted by molar-refractivity contribution is 8.01. The average molecular weight is 721 g/mol. The van der Waals surface area contributed by atoms with Gasteiger partial charge in [0.15, 0.2) is 0 Å². The molecule has 0 radical (unpaired) electrons. The van der Waals surface area contributed by atoms with E-state index < -0.39 is 90.1 Å². The van der Waals surface area contributed by atoms with Gasteiger partial charge in [-0.1, -0.05) is 0 Å². The van der Waals surface area contributed by atoms with Crippen molar-refractivity contribution in [1.82, 2.24) is 0 Å². The Morgan fingerprint density at radius 2 is 0.727 bits per heavy atom. The van der Waals surface area contributed by atoms with Gasteiger partial charge in [-0.25, -0.2) is 0 Å². The molecule has 20 heteroatoms. The average Bonchev–Trinajstić information content (AvgIpc) is 2.89. The fraction of sp³-hybridized carbons (Fsp3) is 0.667. The summed E-state index contributed by atoms with van der Waals surface area (Å²) >= 11 is 3.69. The molecule has 0 saturated carbocycles. The van der Waals surface area contributed by atoms with Gasteiger partial charge in [-0.2, -0.15) is 0 Å². The minimum Gasteiger partial charge on any atom is -0.481 e. The Kier molecular flexibility index (Phi) is 20.9. The van der Waals surface area contributed by atoms with Crippen molar-refractivity contribution in [2.24, 2.45) is 0 Å². The SMILES string of the molecule is O=CCC(SCC[Si](CCSC(CC(=O)O)C(=O)O)(CCSC(CC(=O)O)C(=O)O)CCSC(CC(=O)O)C(=O)O)C(=O)O. The van der Waals surface area contributed by atoms with Gasteiger partial charge >= 0.3 is 41.8 Å². The van der Waals surface area contributed by atoms with Crippen LogP contribution in [-0.2, 0) is 38.4 Å². The Balaban J connectivity index is 6.17. The molecule has 0 aromatic heterocycles. The Labute approximate surface area is 270 Å². The third kappa shape index (κ3) is 18.4. The summed E-state index contributed by atoms with van der Waals surface area (Å²) in [5, 5.41) is 60.1. The van der Waals surface area contributed by atoms with Crippen LogP contribution in [0.25, 0.3) is 0 Å². The lowest BCUT2D eigenvalue weighted by Gasteiger charge is -2.33. The van der Waals surface area contributed by atoms with Gasteiger partial charge in [-0.3, -0.25) is 33.6 Å². The molecule has 0 rings (SSSR count). The van der Waals surface area contributed by atoms with Gasteiger partial charge in [-0.05, 0) is 47.2 Å². The van der Waals surface area contributed by atoms with Crippen LogP contribution in [0.1, 0.15) is 25.7 Å². The predicted molar refractivity (Wildman–Crippen MR) is 168 cm³/mol. The molecule has 0 aromatic carbocycles. The number of thioether (sulfide) groups is 4. The first-order valence-electron chi connectivity index (χ1n) is 13.0. The van der Waals surface area contributed by atoms with Gasteiger partial charge in [0, 0.05) is 6.42 Å². The summed E-state index contributed by atoms with van der Waals surface area (Å²) in [4.78, 5) is 90.7. The molecule has 250 valence electrons. The molecule has 0 aromatic rings. The minimum absolute atomic E-state index is 0.169. The third-order valence-corrected chi connectivity index (χ3v) is 17.9. The summed E-state index contributed by atoms with van der Waals surface area (Å²) in [7, 11) is -2.73. The van der Waals surface area contributed by atoms with Crippen LogP contribution in [0.15, 0.2) is 0 Å². The Morgan fingerprint density at radius 3 is 0.932 bits per heavy atom. The summed E-state index contributed by atoms with van der Waals surface area (Å²) in [5.74, 6) is -8.40. The van der Waals surface area contributed by atoms with E-state index >= 15 is 0 Å². The molecule has 0 bridgehead atoms. The van der Waals surface area contributed by atoms with Crippen molar-refractivity contribution in [3.8, 4) is 0 Å². The van der Waals surface area contributed by atoms with E-state index in [9.17, 15) is 58.8 Å². The van der Waals surface area contributed by atoms with Crippen molar-refractivity contribution in [3.05, 3.63) is 0 Å². The highest BCUT2D eigenvalue weighted by atomic mass is 32.2. The summed E-state index contributed by atoms with van der Waals surface area (Å²) < 4.78 is 0. The van der Waals surface area contributed by atoms with Crippen molar-refractivity contribution < 1.29 is 74.1 Å². The quantitative estimate of drug-likeness (QED) is 0.0450. The molecule has 0 aliphatic rings. The third-order valence-electron chi connectivity index (χ3n) is 6.30. The zero-order chi connectivity index (χ0) is 33.9. The highest BCUT2D eigenvalue weighted by Gasteiger charge is 2.35. The molecule has 4 atom stereocenters. The summed E-state index contributed by atoms with van der Waals surface area (Å²) in [5.41, 5.74) is 0. The number of rotatable bonds is 28. The second kappa shape index (κ2) is 22.1. The van der Waals surface area contributed by atoms with Crippen molar-refractivity contribution in [3.63, 3.8) is 0 Å². The van der Waals surface area contributed by atoms with Crippen LogP contribution in [-0.4, -0.2) is 136 Å². The van der Waals surface area contributed by atoms with Gasteiger partial charge in [0.25, 0.3) is 0 Å². The standard InChI is InChI=1S/C24H36O15S4Si/c25-2-1-14(21(32)33)40-3-7-44(8-4-41-15(22(34)35)11-18(26)27,9-5-42-16(23(36)37)12-19(28)29)10-6-43-17(24(38)39)13-20(30)31/h2,14-17H,1,3-13H2,(H,26,27)(H,28,29)(H,30,31)(H,32,33)(H,34,35)(H,36,37)(H,38,39). The van der Waals surface area contributed by atoms with Gasteiger partial charge < -0.3 is 40.5 Å². The normalized spacial score (nSPS) is 15.2. The summed E-state index contributed by atoms with van der Waals surface area (Å²) in [6.45, 7) is 0. The van der Waals surface area contributed by atoms with Gasteiger partial charge in [0.05, 0.1) is 27.3 Å². The van der Waals surface area contributed by atoms with Crippen molar-refractivity contribution in [1.29, 1.82) is 0 Å². The van der Waals surface area contributed by atoms with Crippen LogP contribution in [0.2, 0.25) is 24.2 Å². The molecule has 0 spiro atoms. The number of hydrogen-bond acceptors (Lipinski definition) is 12. The molecule has 0 heterocycles. The summed E-state index contributed by atoms with van der Waals surface area (Å²) in [6.07, 6.45) is -1.72. The van der Waals surface area contributed by atoms with Gasteiger partial charge in [0.1, 0.15) is 27.3 Å². The molecule has 4 unspecified atom stereocenters. The number of hydrogen-bond donors (Lipinski definition) is 7. The van der Waals surface area contributed by atoms with Crippen LogP contribution < -0.4 is 0 Å². The minimum atomic E-state index is -2.73.